The molecule has 2 aromatic rings. The van der Waals surface area contributed by atoms with Gasteiger partial charge in [0.15, 0.2) is 0 Å². The van der Waals surface area contributed by atoms with Crippen LogP contribution in [-0.4, -0.2) is 44.8 Å². The van der Waals surface area contributed by atoms with Crippen LogP contribution in [0, 0.1) is 0 Å². The van der Waals surface area contributed by atoms with Gasteiger partial charge in [0.2, 0.25) is 16.0 Å². The summed E-state index contributed by atoms with van der Waals surface area (Å²) in [5, 5.41) is 6.91. The Morgan fingerprint density at radius 1 is 1.15 bits per heavy atom. The Morgan fingerprint density at radius 3 is 2.60 bits per heavy atom. The average Bonchev–Trinajstić information content (AvgIpc) is 2.42. The van der Waals surface area contributed by atoms with Crippen molar-refractivity contribution in [3.63, 3.8) is 0 Å². The first-order chi connectivity index (χ1) is 9.49. The molecule has 8 heteroatoms. The van der Waals surface area contributed by atoms with E-state index in [0.717, 1.165) is 17.2 Å². The highest BCUT2D eigenvalue weighted by atomic mass is 32.2. The molecule has 0 radical (unpaired) electrons. The van der Waals surface area contributed by atoms with Crippen molar-refractivity contribution in [2.24, 2.45) is 0 Å². The molecule has 0 atom stereocenters. The summed E-state index contributed by atoms with van der Waals surface area (Å²) in [5.74, 6) is 1.19. The van der Waals surface area contributed by atoms with E-state index in [1.165, 1.54) is 0 Å². The summed E-state index contributed by atoms with van der Waals surface area (Å²) >= 11 is 0. The largest absolute Gasteiger partial charge is 0.368 e. The number of para-hydroxylation sites is 1. The molecular formula is C12H17N5O2S. The summed E-state index contributed by atoms with van der Waals surface area (Å²) in [7, 11) is -1.42. The Balaban J connectivity index is 2.16. The fraction of sp³-hybridized carbons (Fsp3) is 0.333. The molecule has 1 heterocycles. The van der Waals surface area contributed by atoms with Gasteiger partial charge in [0.05, 0.1) is 11.8 Å². The van der Waals surface area contributed by atoms with Crippen LogP contribution in [0.5, 0.6) is 0 Å². The molecule has 0 unspecified atom stereocenters. The number of benzene rings is 1. The average molecular weight is 295 g/mol. The number of sulfonamides is 1. The van der Waals surface area contributed by atoms with Crippen LogP contribution in [0.1, 0.15) is 0 Å². The molecule has 0 saturated carbocycles. The van der Waals surface area contributed by atoms with Gasteiger partial charge >= 0.3 is 0 Å². The monoisotopic (exact) mass is 295 g/mol. The molecule has 0 aliphatic rings. The molecule has 1 aromatic carbocycles. The highest BCUT2D eigenvalue weighted by Crippen LogP contribution is 2.21. The van der Waals surface area contributed by atoms with E-state index in [9.17, 15) is 8.42 Å². The molecule has 20 heavy (non-hydrogen) atoms. The van der Waals surface area contributed by atoms with Crippen molar-refractivity contribution >= 4 is 32.7 Å². The third-order valence-electron chi connectivity index (χ3n) is 2.61. The van der Waals surface area contributed by atoms with Gasteiger partial charge in [-0.1, -0.05) is 12.1 Å². The number of nitrogens with one attached hydrogen (secondary N) is 3. The van der Waals surface area contributed by atoms with Gasteiger partial charge < -0.3 is 10.6 Å². The predicted molar refractivity (Wildman–Crippen MR) is 80.4 cm³/mol. The van der Waals surface area contributed by atoms with Gasteiger partial charge in [-0.05, 0) is 12.1 Å². The molecule has 0 aliphatic heterocycles. The molecule has 7 nitrogen and oxygen atoms in total. The quantitative estimate of drug-likeness (QED) is 0.677. The lowest BCUT2D eigenvalue weighted by Crippen LogP contribution is -2.27. The Kier molecular flexibility index (Phi) is 4.35. The molecule has 2 rings (SSSR count). The Morgan fingerprint density at radius 2 is 1.90 bits per heavy atom. The lowest BCUT2D eigenvalue weighted by Gasteiger charge is -2.10. The van der Waals surface area contributed by atoms with E-state index in [1.54, 1.807) is 7.05 Å². The topological polar surface area (TPSA) is 96.0 Å². The van der Waals surface area contributed by atoms with Crippen LogP contribution in [-0.2, 0) is 10.0 Å². The molecule has 0 fully saturated rings. The van der Waals surface area contributed by atoms with Gasteiger partial charge in [0, 0.05) is 25.5 Å². The first-order valence-corrected chi connectivity index (χ1v) is 8.02. The molecule has 108 valence electrons. The standard InChI is InChI=1S/C12H17N5O2S/c1-13-12-16-10-6-4-3-5-9(10)11(17-12)14-7-8-15-20(2,18)19/h3-6,15H,7-8H2,1-2H3,(H2,13,14,16,17). The van der Waals surface area contributed by atoms with Gasteiger partial charge in [-0.3, -0.25) is 0 Å². The fourth-order valence-corrected chi connectivity index (χ4v) is 2.21. The van der Waals surface area contributed by atoms with E-state index in [1.807, 2.05) is 24.3 Å². The zero-order valence-corrected chi connectivity index (χ0v) is 12.2. The molecule has 3 N–H and O–H groups in total. The maximum absolute atomic E-state index is 11.0. The first-order valence-electron chi connectivity index (χ1n) is 6.12. The minimum Gasteiger partial charge on any atom is -0.368 e. The van der Waals surface area contributed by atoms with E-state index in [-0.39, 0.29) is 0 Å². The van der Waals surface area contributed by atoms with Crippen LogP contribution in [0.3, 0.4) is 0 Å². The van der Waals surface area contributed by atoms with Crippen molar-refractivity contribution in [2.45, 2.75) is 0 Å². The van der Waals surface area contributed by atoms with Crippen LogP contribution in [0.25, 0.3) is 10.9 Å². The number of fused-ring (bicyclic) bond motifs is 1. The van der Waals surface area contributed by atoms with Crippen LogP contribution in [0.2, 0.25) is 0 Å². The highest BCUT2D eigenvalue weighted by molar-refractivity contribution is 7.88. The van der Waals surface area contributed by atoms with Crippen molar-refractivity contribution in [1.82, 2.24) is 14.7 Å². The number of rotatable bonds is 6. The van der Waals surface area contributed by atoms with Gasteiger partial charge in [-0.2, -0.15) is 4.98 Å². The lowest BCUT2D eigenvalue weighted by atomic mass is 10.2. The van der Waals surface area contributed by atoms with Crippen molar-refractivity contribution in [3.05, 3.63) is 24.3 Å². The summed E-state index contributed by atoms with van der Waals surface area (Å²) in [6.07, 6.45) is 1.13. The van der Waals surface area contributed by atoms with Crippen molar-refractivity contribution in [2.75, 3.05) is 37.0 Å². The Hall–Kier alpha value is -1.93. The normalized spacial score (nSPS) is 11.5. The number of nitrogens with zero attached hydrogens (tertiary/aromatic N) is 2. The summed E-state index contributed by atoms with van der Waals surface area (Å²) in [6.45, 7) is 0.739. The molecule has 1 aromatic heterocycles. The number of hydrogen-bond donors (Lipinski definition) is 3. The summed E-state index contributed by atoms with van der Waals surface area (Å²) in [6, 6.07) is 7.63. The van der Waals surface area contributed by atoms with Gasteiger partial charge in [-0.15, -0.1) is 0 Å². The molecule has 0 amide bonds. The van der Waals surface area contributed by atoms with Crippen LogP contribution in [0.4, 0.5) is 11.8 Å². The molecule has 0 aliphatic carbocycles. The second-order valence-electron chi connectivity index (χ2n) is 4.26. The molecule has 0 spiro atoms. The minimum absolute atomic E-state index is 0.298. The van der Waals surface area contributed by atoms with E-state index in [4.69, 9.17) is 0 Å². The Bertz CT molecular complexity index is 702. The minimum atomic E-state index is -3.17. The van der Waals surface area contributed by atoms with Crippen molar-refractivity contribution in [3.8, 4) is 0 Å². The third kappa shape index (κ3) is 3.78. The molecule has 0 bridgehead atoms. The smallest absolute Gasteiger partial charge is 0.224 e. The number of aromatic nitrogens is 2. The summed E-state index contributed by atoms with van der Waals surface area (Å²) < 4.78 is 24.4. The highest BCUT2D eigenvalue weighted by Gasteiger charge is 2.06. The van der Waals surface area contributed by atoms with E-state index >= 15 is 0 Å². The van der Waals surface area contributed by atoms with Gasteiger partial charge in [-0.25, -0.2) is 18.1 Å². The summed E-state index contributed by atoms with van der Waals surface area (Å²) in [5.41, 5.74) is 0.824. The lowest BCUT2D eigenvalue weighted by molar-refractivity contribution is 0.589. The molecular weight excluding hydrogens is 278 g/mol. The maximum atomic E-state index is 11.0. The van der Waals surface area contributed by atoms with E-state index in [2.05, 4.69) is 25.3 Å². The van der Waals surface area contributed by atoms with Crippen molar-refractivity contribution < 1.29 is 8.42 Å². The van der Waals surface area contributed by atoms with Gasteiger partial charge in [0.1, 0.15) is 5.82 Å². The second-order valence-corrected chi connectivity index (χ2v) is 6.09. The van der Waals surface area contributed by atoms with Crippen LogP contribution < -0.4 is 15.4 Å². The zero-order chi connectivity index (χ0) is 14.6. The predicted octanol–water partition coefficient (Wildman–Crippen LogP) is 0.633. The van der Waals surface area contributed by atoms with Crippen LogP contribution in [0.15, 0.2) is 24.3 Å². The zero-order valence-electron chi connectivity index (χ0n) is 11.3. The summed E-state index contributed by atoms with van der Waals surface area (Å²) in [4.78, 5) is 8.69. The van der Waals surface area contributed by atoms with Crippen molar-refractivity contribution in [1.29, 1.82) is 0 Å². The van der Waals surface area contributed by atoms with Gasteiger partial charge in [0.25, 0.3) is 0 Å². The Labute approximate surface area is 117 Å². The number of hydrogen-bond acceptors (Lipinski definition) is 6. The second kappa shape index (κ2) is 6.02. The maximum Gasteiger partial charge on any atom is 0.224 e. The SMILES string of the molecule is CNc1nc(NCCNS(C)(=O)=O)c2ccccc2n1. The van der Waals surface area contributed by atoms with E-state index < -0.39 is 10.0 Å². The number of anilines is 2. The van der Waals surface area contributed by atoms with Crippen LogP contribution >= 0.6 is 0 Å². The first kappa shape index (κ1) is 14.5. The fourth-order valence-electron chi connectivity index (χ4n) is 1.74. The molecule has 0 saturated heterocycles. The van der Waals surface area contributed by atoms with E-state index in [0.29, 0.717) is 24.9 Å². The third-order valence-corrected chi connectivity index (χ3v) is 3.34.